The van der Waals surface area contributed by atoms with E-state index >= 15 is 0 Å². The van der Waals surface area contributed by atoms with Crippen LogP contribution in [0.1, 0.15) is 11.4 Å². The van der Waals surface area contributed by atoms with Gasteiger partial charge in [-0.1, -0.05) is 6.07 Å². The molecular weight excluding hydrogens is 225 g/mol. The summed E-state index contributed by atoms with van der Waals surface area (Å²) in [7, 11) is 0. The van der Waals surface area contributed by atoms with Crippen LogP contribution in [-0.2, 0) is 0 Å². The van der Waals surface area contributed by atoms with E-state index in [1.807, 2.05) is 0 Å². The van der Waals surface area contributed by atoms with Crippen molar-refractivity contribution in [2.24, 2.45) is 20.5 Å². The molecule has 1 rings (SSSR count). The number of halogens is 2. The lowest BCUT2D eigenvalue weighted by Gasteiger charge is -2.01. The lowest BCUT2D eigenvalue weighted by Crippen LogP contribution is -2.19. The highest BCUT2D eigenvalue weighted by Gasteiger charge is 2.04. The lowest BCUT2D eigenvalue weighted by molar-refractivity contribution is 1.24. The van der Waals surface area contributed by atoms with E-state index in [9.17, 15) is 0 Å². The van der Waals surface area contributed by atoms with Crippen molar-refractivity contribution in [3.8, 4) is 0 Å². The molecule has 0 atom stereocenters. The fourth-order valence-electron chi connectivity index (χ4n) is 0.807. The van der Waals surface area contributed by atoms with Gasteiger partial charge in [0.05, 0.1) is 0 Å². The molecule has 4 N–H and O–H groups in total. The third kappa shape index (κ3) is 2.34. The van der Waals surface area contributed by atoms with Crippen molar-refractivity contribution in [1.82, 2.24) is 4.98 Å². The topological polar surface area (TPSA) is 89.6 Å². The summed E-state index contributed by atoms with van der Waals surface area (Å²) < 4.78 is 6.55. The van der Waals surface area contributed by atoms with Crippen LogP contribution >= 0.6 is 23.6 Å². The van der Waals surface area contributed by atoms with Gasteiger partial charge in [-0.25, -0.2) is 4.98 Å². The van der Waals surface area contributed by atoms with Gasteiger partial charge in [0.1, 0.15) is 11.4 Å². The molecule has 0 saturated heterocycles. The number of rotatable bonds is 2. The first-order valence-corrected chi connectivity index (χ1v) is 4.23. The summed E-state index contributed by atoms with van der Waals surface area (Å²) in [5.74, 6) is 0.215. The summed E-state index contributed by atoms with van der Waals surface area (Å²) in [6.07, 6.45) is 0. The highest BCUT2D eigenvalue weighted by Crippen LogP contribution is 2.00. The second-order valence-corrected chi connectivity index (χ2v) is 2.69. The summed E-state index contributed by atoms with van der Waals surface area (Å²) >= 11 is 10.4. The third-order valence-electron chi connectivity index (χ3n) is 1.46. The summed E-state index contributed by atoms with van der Waals surface area (Å²) in [4.78, 5) is 4.03. The molecule has 0 aromatic carbocycles. The molecule has 0 aliphatic heterocycles. The van der Waals surface area contributed by atoms with Gasteiger partial charge in [0, 0.05) is 23.6 Å². The summed E-state index contributed by atoms with van der Waals surface area (Å²) in [5.41, 5.74) is 11.7. The molecule has 0 spiro atoms. The van der Waals surface area contributed by atoms with E-state index in [4.69, 9.17) is 35.0 Å². The predicted molar refractivity (Wildman–Crippen MR) is 57.4 cm³/mol. The Morgan fingerprint density at radius 1 is 1.07 bits per heavy atom. The minimum atomic E-state index is 0.107. The van der Waals surface area contributed by atoms with Crippen LogP contribution in [0.25, 0.3) is 0 Å². The number of nitrogens with two attached hydrogens (primary N) is 2. The van der Waals surface area contributed by atoms with E-state index < -0.39 is 0 Å². The lowest BCUT2D eigenvalue weighted by atomic mass is 10.3. The smallest absolute Gasteiger partial charge is 0.163 e. The first-order chi connectivity index (χ1) is 6.69. The maximum atomic E-state index is 5.45. The molecule has 1 aromatic heterocycles. The Hall–Kier alpha value is -1.33. The van der Waals surface area contributed by atoms with E-state index in [1.54, 1.807) is 18.2 Å². The summed E-state index contributed by atoms with van der Waals surface area (Å²) in [5, 5.41) is 0. The van der Waals surface area contributed by atoms with Crippen molar-refractivity contribution >= 4 is 35.2 Å². The Labute approximate surface area is 90.7 Å². The molecule has 0 radical (unpaired) electrons. The van der Waals surface area contributed by atoms with Crippen LogP contribution < -0.4 is 11.5 Å². The Morgan fingerprint density at radius 3 is 1.86 bits per heavy atom. The second kappa shape index (κ2) is 4.78. The monoisotopic (exact) mass is 231 g/mol. The Bertz CT molecular complexity index is 354. The molecule has 0 bridgehead atoms. The fourth-order valence-corrected chi connectivity index (χ4v) is 0.980. The Kier molecular flexibility index (Phi) is 3.67. The normalized spacial score (nSPS) is 13.0. The van der Waals surface area contributed by atoms with Gasteiger partial charge in [0.15, 0.2) is 11.7 Å². The number of hydrogen-bond acceptors (Lipinski definition) is 3. The quantitative estimate of drug-likeness (QED) is 0.583. The van der Waals surface area contributed by atoms with E-state index in [2.05, 4.69) is 14.0 Å². The van der Waals surface area contributed by atoms with Crippen molar-refractivity contribution < 1.29 is 0 Å². The zero-order chi connectivity index (χ0) is 10.6. The molecule has 0 aliphatic carbocycles. The Morgan fingerprint density at radius 2 is 1.50 bits per heavy atom. The van der Waals surface area contributed by atoms with E-state index in [1.165, 1.54) is 0 Å². The van der Waals surface area contributed by atoms with Crippen LogP contribution in [0, 0.1) is 0 Å². The van der Waals surface area contributed by atoms with Crippen LogP contribution in [-0.4, -0.2) is 16.7 Å². The molecule has 1 aromatic rings. The average molecular weight is 232 g/mol. The molecule has 5 nitrogen and oxygen atoms in total. The van der Waals surface area contributed by atoms with Crippen LogP contribution in [0.2, 0.25) is 0 Å². The Balaban J connectivity index is 3.14. The van der Waals surface area contributed by atoms with Gasteiger partial charge in [-0.3, -0.25) is 0 Å². The average Bonchev–Trinajstić information content (AvgIpc) is 2.27. The van der Waals surface area contributed by atoms with Crippen LogP contribution in [0.4, 0.5) is 0 Å². The molecule has 74 valence electrons. The molecule has 0 fully saturated rings. The third-order valence-corrected chi connectivity index (χ3v) is 1.82. The minimum absolute atomic E-state index is 0.107. The van der Waals surface area contributed by atoms with Crippen molar-refractivity contribution in [2.75, 3.05) is 0 Å². The van der Waals surface area contributed by atoms with E-state index in [0.717, 1.165) is 0 Å². The number of aromatic nitrogens is 1. The SMILES string of the molecule is NC(=NCl)c1cccc(C(N)=NCl)n1. The van der Waals surface area contributed by atoms with Gasteiger partial charge in [0.25, 0.3) is 0 Å². The van der Waals surface area contributed by atoms with Gasteiger partial charge in [0.2, 0.25) is 0 Å². The minimum Gasteiger partial charge on any atom is -0.381 e. The van der Waals surface area contributed by atoms with Crippen molar-refractivity contribution in [3.63, 3.8) is 0 Å². The standard InChI is InChI=1S/C7H7Cl2N5/c8-13-6(10)4-2-1-3-5(12-4)7(11)14-9/h1-3H,(H2,10,13)(H2,11,14). The van der Waals surface area contributed by atoms with Crippen molar-refractivity contribution in [2.45, 2.75) is 0 Å². The highest BCUT2D eigenvalue weighted by atomic mass is 35.5. The second-order valence-electron chi connectivity index (χ2n) is 2.35. The molecular formula is C7H7Cl2N5. The fraction of sp³-hybridized carbons (Fsp3) is 0. The van der Waals surface area contributed by atoms with E-state index in [-0.39, 0.29) is 11.7 Å². The molecule has 0 saturated carbocycles. The zero-order valence-electron chi connectivity index (χ0n) is 6.98. The number of nitrogens with zero attached hydrogens (tertiary/aromatic N) is 3. The van der Waals surface area contributed by atoms with Crippen LogP contribution in [0.3, 0.4) is 0 Å². The zero-order valence-corrected chi connectivity index (χ0v) is 8.50. The summed E-state index contributed by atoms with van der Waals surface area (Å²) in [6.45, 7) is 0. The molecule has 7 heteroatoms. The molecule has 1 heterocycles. The molecule has 0 amide bonds. The van der Waals surface area contributed by atoms with Crippen molar-refractivity contribution in [1.29, 1.82) is 0 Å². The first-order valence-electron chi connectivity index (χ1n) is 3.55. The van der Waals surface area contributed by atoms with Crippen molar-refractivity contribution in [3.05, 3.63) is 29.6 Å². The largest absolute Gasteiger partial charge is 0.381 e. The van der Waals surface area contributed by atoms with Gasteiger partial charge < -0.3 is 11.5 Å². The predicted octanol–water partition coefficient (Wildman–Crippen LogP) is 0.800. The highest BCUT2D eigenvalue weighted by molar-refractivity contribution is 6.22. The molecule has 14 heavy (non-hydrogen) atoms. The number of hydrogen-bond donors (Lipinski definition) is 2. The number of amidine groups is 2. The van der Waals surface area contributed by atoms with E-state index in [0.29, 0.717) is 11.4 Å². The molecule has 0 unspecified atom stereocenters. The van der Waals surface area contributed by atoms with Crippen LogP contribution in [0.15, 0.2) is 27.2 Å². The number of pyridine rings is 1. The van der Waals surface area contributed by atoms with Gasteiger partial charge in [-0.2, -0.15) is 9.02 Å². The summed E-state index contributed by atoms with van der Waals surface area (Å²) in [6, 6.07) is 4.99. The molecule has 0 aliphatic rings. The van der Waals surface area contributed by atoms with Gasteiger partial charge in [-0.05, 0) is 12.1 Å². The first kappa shape index (κ1) is 10.7. The van der Waals surface area contributed by atoms with Crippen LogP contribution in [0.5, 0.6) is 0 Å². The maximum Gasteiger partial charge on any atom is 0.163 e. The van der Waals surface area contributed by atoms with Gasteiger partial charge in [-0.15, -0.1) is 0 Å². The van der Waals surface area contributed by atoms with Gasteiger partial charge >= 0.3 is 0 Å². The maximum absolute atomic E-state index is 5.45.